The van der Waals surface area contributed by atoms with Gasteiger partial charge in [-0.15, -0.1) is 0 Å². The lowest BCUT2D eigenvalue weighted by Gasteiger charge is -2.27. The molecule has 0 spiro atoms. The first kappa shape index (κ1) is 14.9. The van der Waals surface area contributed by atoms with E-state index < -0.39 is 30.5 Å². The van der Waals surface area contributed by atoms with E-state index in [4.69, 9.17) is 5.11 Å². The summed E-state index contributed by atoms with van der Waals surface area (Å²) >= 11 is 0. The van der Waals surface area contributed by atoms with Crippen molar-refractivity contribution < 1.29 is 49.8 Å². The smallest absolute Gasteiger partial charge is 0.462 e. The number of aliphatic carboxylic acids is 1. The van der Waals surface area contributed by atoms with Crippen LogP contribution in [0.5, 0.6) is 0 Å². The first-order chi connectivity index (χ1) is 6.83. The van der Waals surface area contributed by atoms with Crippen LogP contribution in [0, 0.1) is 0 Å². The molecule has 1 N–H and O–H groups in total. The van der Waals surface area contributed by atoms with Crippen LogP contribution in [0.25, 0.3) is 0 Å². The standard InChI is InChI=1S/C5H2F8O3/c6-1(2(14)15)16-5(12,13)3(7,8)4(9,10)11/h1H,(H,14,15). The molecular weight excluding hydrogens is 260 g/mol. The van der Waals surface area contributed by atoms with Gasteiger partial charge in [-0.3, -0.25) is 4.74 Å². The molecule has 0 aromatic carbocycles. The third-order valence-electron chi connectivity index (χ3n) is 1.17. The van der Waals surface area contributed by atoms with Crippen LogP contribution in [0.2, 0.25) is 0 Å². The third kappa shape index (κ3) is 2.71. The largest absolute Gasteiger partial charge is 0.477 e. The molecule has 0 aromatic rings. The van der Waals surface area contributed by atoms with Gasteiger partial charge in [-0.1, -0.05) is 0 Å². The van der Waals surface area contributed by atoms with E-state index in [-0.39, 0.29) is 0 Å². The lowest BCUT2D eigenvalue weighted by molar-refractivity contribution is -0.436. The van der Waals surface area contributed by atoms with Gasteiger partial charge in [0.15, 0.2) is 0 Å². The molecule has 11 heteroatoms. The Balaban J connectivity index is 4.99. The van der Waals surface area contributed by atoms with Gasteiger partial charge in [-0.25, -0.2) is 9.18 Å². The van der Waals surface area contributed by atoms with Crippen LogP contribution in [-0.2, 0) is 9.53 Å². The molecule has 0 bridgehead atoms. The molecule has 0 radical (unpaired) electrons. The summed E-state index contributed by atoms with van der Waals surface area (Å²) in [5, 5.41) is 7.65. The quantitative estimate of drug-likeness (QED) is 0.790. The molecule has 0 aliphatic carbocycles. The first-order valence-electron chi connectivity index (χ1n) is 3.20. The van der Waals surface area contributed by atoms with Crippen molar-refractivity contribution in [3.05, 3.63) is 0 Å². The number of carboxylic acid groups (broad SMARTS) is 1. The van der Waals surface area contributed by atoms with E-state index in [1.165, 1.54) is 0 Å². The minimum absolute atomic E-state index is 2.22. The topological polar surface area (TPSA) is 46.5 Å². The van der Waals surface area contributed by atoms with E-state index in [1.54, 1.807) is 0 Å². The lowest BCUT2D eigenvalue weighted by Crippen LogP contribution is -2.54. The van der Waals surface area contributed by atoms with Crippen molar-refractivity contribution >= 4 is 5.97 Å². The number of rotatable bonds is 4. The first-order valence-corrected chi connectivity index (χ1v) is 3.20. The van der Waals surface area contributed by atoms with Gasteiger partial charge in [0, 0.05) is 0 Å². The van der Waals surface area contributed by atoms with Gasteiger partial charge in [-0.05, 0) is 0 Å². The second-order valence-electron chi connectivity index (χ2n) is 2.36. The average molecular weight is 262 g/mol. The highest BCUT2D eigenvalue weighted by Crippen LogP contribution is 2.47. The van der Waals surface area contributed by atoms with E-state index in [1.807, 2.05) is 0 Å². The van der Waals surface area contributed by atoms with Crippen LogP contribution >= 0.6 is 0 Å². The number of hydrogen-bond donors (Lipinski definition) is 1. The molecule has 96 valence electrons. The highest BCUT2D eigenvalue weighted by atomic mass is 19.4. The summed E-state index contributed by atoms with van der Waals surface area (Å²) in [6.07, 6.45) is -17.1. The van der Waals surface area contributed by atoms with E-state index in [2.05, 4.69) is 4.74 Å². The van der Waals surface area contributed by atoms with E-state index in [0.29, 0.717) is 0 Å². The highest BCUT2D eigenvalue weighted by Gasteiger charge is 2.75. The predicted molar refractivity (Wildman–Crippen MR) is 29.6 cm³/mol. The van der Waals surface area contributed by atoms with Crippen LogP contribution in [0.1, 0.15) is 0 Å². The Kier molecular flexibility index (Phi) is 3.75. The molecule has 0 heterocycles. The fourth-order valence-electron chi connectivity index (χ4n) is 0.419. The van der Waals surface area contributed by atoms with Gasteiger partial charge in [0.05, 0.1) is 0 Å². The lowest BCUT2D eigenvalue weighted by atomic mass is 10.3. The minimum Gasteiger partial charge on any atom is -0.477 e. The maximum atomic E-state index is 12.1. The Morgan fingerprint density at radius 2 is 1.44 bits per heavy atom. The summed E-state index contributed by atoms with van der Waals surface area (Å²) in [7, 11) is 0. The predicted octanol–water partition coefficient (Wildman–Crippen LogP) is 2.17. The van der Waals surface area contributed by atoms with Crippen LogP contribution in [0.4, 0.5) is 35.1 Å². The zero-order valence-electron chi connectivity index (χ0n) is 6.86. The molecule has 1 unspecified atom stereocenters. The van der Waals surface area contributed by atoms with Crippen molar-refractivity contribution in [1.82, 2.24) is 0 Å². The molecule has 0 saturated carbocycles. The molecule has 0 aliphatic rings. The van der Waals surface area contributed by atoms with Crippen molar-refractivity contribution in [2.75, 3.05) is 0 Å². The molecule has 16 heavy (non-hydrogen) atoms. The Morgan fingerprint density at radius 1 is 1.06 bits per heavy atom. The fourth-order valence-corrected chi connectivity index (χ4v) is 0.419. The molecular formula is C5H2F8O3. The van der Waals surface area contributed by atoms with Crippen molar-refractivity contribution in [3.8, 4) is 0 Å². The summed E-state index contributed by atoms with van der Waals surface area (Å²) in [4.78, 5) is 9.59. The van der Waals surface area contributed by atoms with Crippen LogP contribution in [-0.4, -0.2) is 35.6 Å². The van der Waals surface area contributed by atoms with Gasteiger partial charge in [-0.2, -0.15) is 30.7 Å². The summed E-state index contributed by atoms with van der Waals surface area (Å²) in [5.41, 5.74) is 0. The van der Waals surface area contributed by atoms with Crippen molar-refractivity contribution in [3.63, 3.8) is 0 Å². The number of ether oxygens (including phenoxy) is 1. The second kappa shape index (κ2) is 4.03. The van der Waals surface area contributed by atoms with Gasteiger partial charge in [0.1, 0.15) is 0 Å². The number of halogens is 8. The molecule has 3 nitrogen and oxygen atoms in total. The molecule has 0 amide bonds. The number of carboxylic acids is 1. The molecule has 0 saturated heterocycles. The molecule has 1 atom stereocenters. The Labute approximate surface area is 81.6 Å². The fraction of sp³-hybridized carbons (Fsp3) is 0.800. The Morgan fingerprint density at radius 3 is 1.69 bits per heavy atom. The van der Waals surface area contributed by atoms with Crippen LogP contribution < -0.4 is 0 Å². The van der Waals surface area contributed by atoms with Crippen LogP contribution in [0.3, 0.4) is 0 Å². The van der Waals surface area contributed by atoms with Gasteiger partial charge in [0.2, 0.25) is 0 Å². The average Bonchev–Trinajstić information content (AvgIpc) is 2.00. The van der Waals surface area contributed by atoms with E-state index in [9.17, 15) is 39.9 Å². The zero-order valence-corrected chi connectivity index (χ0v) is 6.86. The maximum absolute atomic E-state index is 12.1. The number of carbonyl (C=O) groups is 1. The van der Waals surface area contributed by atoms with Gasteiger partial charge < -0.3 is 5.11 Å². The zero-order chi connectivity index (χ0) is 13.4. The Hall–Kier alpha value is -1.13. The SMILES string of the molecule is O=C(O)C(F)OC(F)(F)C(F)(F)C(F)(F)F. The minimum atomic E-state index is -6.71. The molecule has 0 fully saturated rings. The summed E-state index contributed by atoms with van der Waals surface area (Å²) in [5.74, 6) is -9.47. The monoisotopic (exact) mass is 262 g/mol. The normalized spacial score (nSPS) is 16.0. The molecule has 0 aromatic heterocycles. The summed E-state index contributed by atoms with van der Waals surface area (Å²) in [6, 6.07) is 0. The third-order valence-corrected chi connectivity index (χ3v) is 1.17. The Bertz CT molecular complexity index is 271. The molecule has 0 aliphatic heterocycles. The van der Waals surface area contributed by atoms with Crippen LogP contribution in [0.15, 0.2) is 0 Å². The second-order valence-corrected chi connectivity index (χ2v) is 2.36. The highest BCUT2D eigenvalue weighted by molar-refractivity contribution is 5.70. The van der Waals surface area contributed by atoms with E-state index in [0.717, 1.165) is 0 Å². The van der Waals surface area contributed by atoms with Crippen molar-refractivity contribution in [1.29, 1.82) is 0 Å². The summed E-state index contributed by atoms with van der Waals surface area (Å²) < 4.78 is 96.5. The summed E-state index contributed by atoms with van der Waals surface area (Å²) in [6.45, 7) is 0. The van der Waals surface area contributed by atoms with Gasteiger partial charge in [0.25, 0.3) is 0 Å². The van der Waals surface area contributed by atoms with Crippen molar-refractivity contribution in [2.45, 2.75) is 24.6 Å². The maximum Gasteiger partial charge on any atom is 0.462 e. The number of alkyl halides is 8. The van der Waals surface area contributed by atoms with E-state index >= 15 is 0 Å². The molecule has 0 rings (SSSR count). The van der Waals surface area contributed by atoms with Gasteiger partial charge >= 0.3 is 30.5 Å². The van der Waals surface area contributed by atoms with Crippen molar-refractivity contribution in [2.24, 2.45) is 0 Å². The number of hydrogen-bond acceptors (Lipinski definition) is 2.